The number of hydrogen-bond donors (Lipinski definition) is 1. The van der Waals surface area contributed by atoms with Crippen LogP contribution in [0.25, 0.3) is 0 Å². The number of fused-ring (bicyclic) bond motifs is 1. The van der Waals surface area contributed by atoms with Crippen molar-refractivity contribution in [2.45, 2.75) is 6.54 Å². The molecule has 0 unspecified atom stereocenters. The Bertz CT molecular complexity index is 199. The first-order valence-corrected chi connectivity index (χ1v) is 2.86. The van der Waals surface area contributed by atoms with Gasteiger partial charge in [-0.2, -0.15) is 5.48 Å². The van der Waals surface area contributed by atoms with Gasteiger partial charge < -0.3 is 4.84 Å². The second kappa shape index (κ2) is 1.74. The summed E-state index contributed by atoms with van der Waals surface area (Å²) in [6.07, 6.45) is 0. The van der Waals surface area contributed by atoms with Gasteiger partial charge in [-0.25, -0.2) is 0 Å². The molecular weight excluding hydrogens is 114 g/mol. The molecule has 0 spiro atoms. The number of nitrogens with one attached hydrogen (secondary N) is 1. The van der Waals surface area contributed by atoms with Crippen molar-refractivity contribution in [3.05, 3.63) is 29.8 Å². The second-order valence-electron chi connectivity index (χ2n) is 1.95. The quantitative estimate of drug-likeness (QED) is 0.548. The van der Waals surface area contributed by atoms with Gasteiger partial charge >= 0.3 is 0 Å². The zero-order valence-corrected chi connectivity index (χ0v) is 4.85. The lowest BCUT2D eigenvalue weighted by atomic mass is 10.2. The molecule has 2 heteroatoms. The maximum absolute atomic E-state index is 4.99. The molecule has 1 aliphatic heterocycles. The minimum Gasteiger partial charge on any atom is -0.407 e. The molecule has 0 bridgehead atoms. The van der Waals surface area contributed by atoms with Gasteiger partial charge in [0, 0.05) is 11.6 Å². The minimum absolute atomic E-state index is 0.798. The number of hydrogen-bond acceptors (Lipinski definition) is 2. The molecule has 0 amide bonds. The number of benzene rings is 1. The summed E-state index contributed by atoms with van der Waals surface area (Å²) in [5, 5.41) is 0. The van der Waals surface area contributed by atoms with Gasteiger partial charge in [0.05, 0.1) is 6.54 Å². The van der Waals surface area contributed by atoms with Gasteiger partial charge in [-0.05, 0) is 0 Å². The van der Waals surface area contributed by atoms with Crippen LogP contribution in [0.1, 0.15) is 5.56 Å². The fraction of sp³-hybridized carbons (Fsp3) is 0.143. The highest BCUT2D eigenvalue weighted by Gasteiger charge is 2.08. The van der Waals surface area contributed by atoms with Crippen molar-refractivity contribution in [1.82, 2.24) is 5.48 Å². The summed E-state index contributed by atoms with van der Waals surface area (Å²) in [7, 11) is 0. The standard InChI is InChI=1S/C7H6NO/c1-2-4-7-6(3-1)5-8-9-7/h1-3,8H,5H2. The molecular formula is C7H6NO. The Morgan fingerprint density at radius 1 is 1.67 bits per heavy atom. The minimum atomic E-state index is 0.798. The summed E-state index contributed by atoms with van der Waals surface area (Å²) in [4.78, 5) is 4.99. The predicted octanol–water partition coefficient (Wildman–Crippen LogP) is 0.884. The van der Waals surface area contributed by atoms with E-state index < -0.39 is 0 Å². The lowest BCUT2D eigenvalue weighted by Gasteiger charge is -1.91. The summed E-state index contributed by atoms with van der Waals surface area (Å²) in [6.45, 7) is 0.798. The van der Waals surface area contributed by atoms with Crippen LogP contribution in [0.4, 0.5) is 0 Å². The molecule has 0 atom stereocenters. The van der Waals surface area contributed by atoms with Crippen LogP contribution in [0.5, 0.6) is 5.75 Å². The fourth-order valence-corrected chi connectivity index (χ4v) is 0.877. The Balaban J connectivity index is 2.54. The SMILES string of the molecule is [c]1cccc2c1ONC2. The van der Waals surface area contributed by atoms with Crippen LogP contribution in [0.3, 0.4) is 0 Å². The van der Waals surface area contributed by atoms with E-state index in [1.807, 2.05) is 18.2 Å². The van der Waals surface area contributed by atoms with E-state index in [9.17, 15) is 0 Å². The van der Waals surface area contributed by atoms with Crippen LogP contribution >= 0.6 is 0 Å². The third-order valence-electron chi connectivity index (χ3n) is 1.34. The first-order chi connectivity index (χ1) is 4.47. The van der Waals surface area contributed by atoms with Crippen LogP contribution in [0.15, 0.2) is 18.2 Å². The molecule has 0 fully saturated rings. The van der Waals surface area contributed by atoms with Crippen LogP contribution < -0.4 is 10.3 Å². The molecule has 0 aromatic heterocycles. The van der Waals surface area contributed by atoms with Crippen molar-refractivity contribution >= 4 is 0 Å². The van der Waals surface area contributed by atoms with E-state index in [0.717, 1.165) is 12.3 Å². The normalized spacial score (nSPS) is 14.7. The molecule has 2 rings (SSSR count). The summed E-state index contributed by atoms with van der Waals surface area (Å²) < 4.78 is 0. The average molecular weight is 120 g/mol. The average Bonchev–Trinajstić information content (AvgIpc) is 2.33. The van der Waals surface area contributed by atoms with Gasteiger partial charge in [-0.1, -0.05) is 18.2 Å². The molecule has 1 aliphatic rings. The van der Waals surface area contributed by atoms with Crippen LogP contribution in [0, 0.1) is 6.07 Å². The van der Waals surface area contributed by atoms with E-state index in [4.69, 9.17) is 4.84 Å². The van der Waals surface area contributed by atoms with Gasteiger partial charge in [0.15, 0.2) is 5.75 Å². The van der Waals surface area contributed by atoms with Crippen molar-refractivity contribution in [3.8, 4) is 5.75 Å². The lowest BCUT2D eigenvalue weighted by molar-refractivity contribution is 0.224. The lowest BCUT2D eigenvalue weighted by Crippen LogP contribution is -2.07. The van der Waals surface area contributed by atoms with Gasteiger partial charge in [0.1, 0.15) is 0 Å². The molecule has 0 saturated carbocycles. The molecule has 1 aromatic rings. The molecule has 0 saturated heterocycles. The Labute approximate surface area is 53.4 Å². The van der Waals surface area contributed by atoms with E-state index in [-0.39, 0.29) is 0 Å². The van der Waals surface area contributed by atoms with Gasteiger partial charge in [0.25, 0.3) is 0 Å². The first kappa shape index (κ1) is 4.82. The molecule has 9 heavy (non-hydrogen) atoms. The highest BCUT2D eigenvalue weighted by atomic mass is 16.7. The Hall–Kier alpha value is -1.02. The molecule has 1 N–H and O–H groups in total. The van der Waals surface area contributed by atoms with Gasteiger partial charge in [-0.15, -0.1) is 0 Å². The number of rotatable bonds is 0. The Morgan fingerprint density at radius 3 is 3.56 bits per heavy atom. The number of hydroxylamine groups is 1. The smallest absolute Gasteiger partial charge is 0.159 e. The summed E-state index contributed by atoms with van der Waals surface area (Å²) in [5.74, 6) is 0.831. The maximum Gasteiger partial charge on any atom is 0.159 e. The molecule has 1 aromatic carbocycles. The van der Waals surface area contributed by atoms with E-state index in [0.29, 0.717) is 0 Å². The highest BCUT2D eigenvalue weighted by molar-refractivity contribution is 5.33. The van der Waals surface area contributed by atoms with E-state index in [2.05, 4.69) is 11.5 Å². The molecule has 45 valence electrons. The zero-order valence-electron chi connectivity index (χ0n) is 4.85. The van der Waals surface area contributed by atoms with Crippen molar-refractivity contribution < 1.29 is 4.84 Å². The maximum atomic E-state index is 4.99. The van der Waals surface area contributed by atoms with Crippen molar-refractivity contribution in [1.29, 1.82) is 0 Å². The van der Waals surface area contributed by atoms with E-state index >= 15 is 0 Å². The van der Waals surface area contributed by atoms with E-state index in [1.54, 1.807) is 0 Å². The zero-order chi connectivity index (χ0) is 6.10. The van der Waals surface area contributed by atoms with Crippen molar-refractivity contribution in [2.24, 2.45) is 0 Å². The topological polar surface area (TPSA) is 21.3 Å². The summed E-state index contributed by atoms with van der Waals surface area (Å²) in [5.41, 5.74) is 3.93. The van der Waals surface area contributed by atoms with Crippen molar-refractivity contribution in [2.75, 3.05) is 0 Å². The van der Waals surface area contributed by atoms with Gasteiger partial charge in [0.2, 0.25) is 0 Å². The molecule has 1 heterocycles. The van der Waals surface area contributed by atoms with Gasteiger partial charge in [-0.3, -0.25) is 0 Å². The largest absolute Gasteiger partial charge is 0.407 e. The fourth-order valence-electron chi connectivity index (χ4n) is 0.877. The van der Waals surface area contributed by atoms with Crippen LogP contribution in [0.2, 0.25) is 0 Å². The van der Waals surface area contributed by atoms with Crippen molar-refractivity contribution in [3.63, 3.8) is 0 Å². The molecule has 2 nitrogen and oxygen atoms in total. The number of para-hydroxylation sites is 1. The predicted molar refractivity (Wildman–Crippen MR) is 32.7 cm³/mol. The molecule has 0 aliphatic carbocycles. The van der Waals surface area contributed by atoms with Crippen LogP contribution in [-0.4, -0.2) is 0 Å². The third-order valence-corrected chi connectivity index (χ3v) is 1.34. The summed E-state index contributed by atoms with van der Waals surface area (Å²) >= 11 is 0. The Morgan fingerprint density at radius 2 is 2.67 bits per heavy atom. The Kier molecular flexibility index (Phi) is 0.932. The highest BCUT2D eigenvalue weighted by Crippen LogP contribution is 2.19. The summed E-state index contributed by atoms with van der Waals surface area (Å²) in [6, 6.07) is 8.78. The van der Waals surface area contributed by atoms with E-state index in [1.165, 1.54) is 5.56 Å². The first-order valence-electron chi connectivity index (χ1n) is 2.86. The van der Waals surface area contributed by atoms with Crippen LogP contribution in [-0.2, 0) is 6.54 Å². The molecule has 1 radical (unpaired) electrons. The third kappa shape index (κ3) is 0.678. The monoisotopic (exact) mass is 120 g/mol. The second-order valence-corrected chi connectivity index (χ2v) is 1.95.